The van der Waals surface area contributed by atoms with Gasteiger partial charge in [-0.25, -0.2) is 4.79 Å². The van der Waals surface area contributed by atoms with Crippen LogP contribution in [0.15, 0.2) is 0 Å². The number of nitrogens with one attached hydrogen (secondary N) is 1. The molecule has 0 spiro atoms. The van der Waals surface area contributed by atoms with Gasteiger partial charge in [0.05, 0.1) is 6.17 Å². The molecule has 0 bridgehead atoms. The molecule has 0 rings (SSSR count). The molecule has 0 saturated heterocycles. The number of amides is 1. The van der Waals surface area contributed by atoms with Crippen LogP contribution in [0.4, 0.5) is 9.18 Å². The van der Waals surface area contributed by atoms with Crippen molar-refractivity contribution in [1.82, 2.24) is 5.32 Å². The summed E-state index contributed by atoms with van der Waals surface area (Å²) in [6.45, 7) is 0. The Morgan fingerprint density at radius 2 is 1.75 bits per heavy atom. The van der Waals surface area contributed by atoms with Gasteiger partial charge in [-0.05, 0) is 0 Å². The van der Waals surface area contributed by atoms with Crippen LogP contribution in [0.1, 0.15) is 0 Å². The lowest BCUT2D eigenvalue weighted by Gasteiger charge is -2.23. The average Bonchev–Trinajstić information content (AvgIpc) is 2.08. The van der Waals surface area contributed by atoms with E-state index in [4.69, 9.17) is 13.3 Å². The first-order chi connectivity index (χ1) is 5.60. The molecule has 0 heterocycles. The van der Waals surface area contributed by atoms with E-state index >= 15 is 0 Å². The summed E-state index contributed by atoms with van der Waals surface area (Å²) in [7, 11) is 1.28. The van der Waals surface area contributed by atoms with Crippen LogP contribution in [0.2, 0.25) is 0 Å². The maximum Gasteiger partial charge on any atom is 0.520 e. The van der Waals surface area contributed by atoms with Crippen LogP contribution in [-0.2, 0) is 13.3 Å². The summed E-state index contributed by atoms with van der Waals surface area (Å²) in [5.41, 5.74) is 0. The highest BCUT2D eigenvalue weighted by molar-refractivity contribution is 6.61. The smallest absolute Gasteiger partial charge is 0.376 e. The second kappa shape index (κ2) is 5.20. The molecule has 0 radical (unpaired) electrons. The van der Waals surface area contributed by atoms with Gasteiger partial charge in [0.25, 0.3) is 0 Å². The summed E-state index contributed by atoms with van der Waals surface area (Å²) < 4.78 is 26.4. The van der Waals surface area contributed by atoms with Gasteiger partial charge in [-0.2, -0.15) is 0 Å². The highest BCUT2D eigenvalue weighted by atomic mass is 28.4. The highest BCUT2D eigenvalue weighted by Gasteiger charge is 2.38. The molecule has 5 nitrogen and oxygen atoms in total. The zero-order valence-electron chi connectivity index (χ0n) is 7.22. The van der Waals surface area contributed by atoms with Crippen LogP contribution in [0.5, 0.6) is 0 Å². The first-order valence-electron chi connectivity index (χ1n) is 3.19. The van der Waals surface area contributed by atoms with E-state index in [0.717, 1.165) is 0 Å². The van der Waals surface area contributed by atoms with E-state index < -0.39 is 15.0 Å². The lowest BCUT2D eigenvalue weighted by atomic mass is 11.2. The molecule has 72 valence electrons. The SMILES string of the molecule is CO[Si](CNC(=O)F)(OC)OC. The fourth-order valence-electron chi connectivity index (χ4n) is 0.644. The van der Waals surface area contributed by atoms with Crippen molar-refractivity contribution in [3.8, 4) is 0 Å². The molecule has 0 aliphatic rings. The van der Waals surface area contributed by atoms with Gasteiger partial charge < -0.3 is 18.6 Å². The minimum absolute atomic E-state index is 0.0775. The first-order valence-corrected chi connectivity index (χ1v) is 5.12. The first kappa shape index (κ1) is 11.5. The number of hydrogen-bond donors (Lipinski definition) is 1. The molecule has 0 aromatic carbocycles. The normalized spacial score (nSPS) is 11.3. The summed E-state index contributed by atoms with van der Waals surface area (Å²) in [6.07, 6.45) is -1.70. The molecule has 0 saturated carbocycles. The fraction of sp³-hybridized carbons (Fsp3) is 0.800. The van der Waals surface area contributed by atoms with Gasteiger partial charge >= 0.3 is 15.0 Å². The van der Waals surface area contributed by atoms with E-state index in [-0.39, 0.29) is 6.17 Å². The van der Waals surface area contributed by atoms with E-state index in [1.807, 2.05) is 5.32 Å². The summed E-state index contributed by atoms with van der Waals surface area (Å²) in [4.78, 5) is 9.92. The van der Waals surface area contributed by atoms with E-state index in [0.29, 0.717) is 0 Å². The number of rotatable bonds is 5. The maximum absolute atomic E-state index is 11.7. The molecule has 1 amide bonds. The Hall–Kier alpha value is -0.503. The zero-order valence-corrected chi connectivity index (χ0v) is 8.22. The number of carbonyl (C=O) groups is 1. The third-order valence-electron chi connectivity index (χ3n) is 1.38. The monoisotopic (exact) mass is 197 g/mol. The third kappa shape index (κ3) is 3.26. The molecular formula is C5H12FNO4Si. The second-order valence-corrected chi connectivity index (χ2v) is 4.87. The maximum atomic E-state index is 11.7. The minimum atomic E-state index is -2.85. The van der Waals surface area contributed by atoms with Crippen LogP contribution in [-0.4, -0.2) is 42.5 Å². The van der Waals surface area contributed by atoms with Crippen LogP contribution >= 0.6 is 0 Å². The van der Waals surface area contributed by atoms with Crippen LogP contribution in [0, 0.1) is 0 Å². The summed E-state index contributed by atoms with van der Waals surface area (Å²) in [5, 5.41) is 1.92. The molecule has 7 heteroatoms. The molecule has 0 aromatic rings. The Bertz CT molecular complexity index is 144. The quantitative estimate of drug-likeness (QED) is 0.385. The van der Waals surface area contributed by atoms with Crippen molar-refractivity contribution in [3.63, 3.8) is 0 Å². The third-order valence-corrected chi connectivity index (χ3v) is 3.85. The molecule has 0 aromatic heterocycles. The molecule has 0 atom stereocenters. The Labute approximate surface area is 71.2 Å². The van der Waals surface area contributed by atoms with Gasteiger partial charge in [0.1, 0.15) is 0 Å². The van der Waals surface area contributed by atoms with Gasteiger partial charge in [0.2, 0.25) is 0 Å². The average molecular weight is 197 g/mol. The predicted octanol–water partition coefficient (Wildman–Crippen LogP) is 0.0828. The summed E-state index contributed by atoms with van der Waals surface area (Å²) in [5.74, 6) is 0. The van der Waals surface area contributed by atoms with Gasteiger partial charge in [-0.15, -0.1) is 4.39 Å². The number of carbonyl (C=O) groups excluding carboxylic acids is 1. The van der Waals surface area contributed by atoms with Crippen LogP contribution < -0.4 is 5.32 Å². The Kier molecular flexibility index (Phi) is 4.98. The van der Waals surface area contributed by atoms with E-state index in [2.05, 4.69) is 0 Å². The number of hydrogen-bond acceptors (Lipinski definition) is 4. The van der Waals surface area contributed by atoms with Crippen molar-refractivity contribution in [3.05, 3.63) is 0 Å². The zero-order chi connectivity index (χ0) is 9.61. The lowest BCUT2D eigenvalue weighted by Crippen LogP contribution is -2.52. The largest absolute Gasteiger partial charge is 0.520 e. The summed E-state index contributed by atoms with van der Waals surface area (Å²) >= 11 is 0. The molecule has 12 heavy (non-hydrogen) atoms. The molecule has 0 aliphatic heterocycles. The van der Waals surface area contributed by atoms with Gasteiger partial charge in [0, 0.05) is 21.3 Å². The Balaban J connectivity index is 4.01. The second-order valence-electron chi connectivity index (χ2n) is 1.92. The standard InChI is InChI=1S/C5H12FNO4Si/c1-9-12(10-2,11-3)4-7-5(6)8/h4H2,1-3H3,(H,7,8). The molecule has 0 aliphatic carbocycles. The molecular weight excluding hydrogens is 185 g/mol. The summed E-state index contributed by atoms with van der Waals surface area (Å²) in [6, 6.07) is 0. The van der Waals surface area contributed by atoms with Gasteiger partial charge in [-0.1, -0.05) is 0 Å². The molecule has 0 fully saturated rings. The lowest BCUT2D eigenvalue weighted by molar-refractivity contribution is 0.121. The van der Waals surface area contributed by atoms with Crippen LogP contribution in [0.3, 0.4) is 0 Å². The Morgan fingerprint density at radius 1 is 1.33 bits per heavy atom. The topological polar surface area (TPSA) is 56.8 Å². The predicted molar refractivity (Wildman–Crippen MR) is 41.3 cm³/mol. The van der Waals surface area contributed by atoms with Crippen molar-refractivity contribution in [1.29, 1.82) is 0 Å². The van der Waals surface area contributed by atoms with E-state index in [1.165, 1.54) is 21.3 Å². The number of halogens is 1. The van der Waals surface area contributed by atoms with Crippen molar-refractivity contribution < 1.29 is 22.5 Å². The highest BCUT2D eigenvalue weighted by Crippen LogP contribution is 2.03. The van der Waals surface area contributed by atoms with Crippen molar-refractivity contribution in [2.75, 3.05) is 27.5 Å². The van der Waals surface area contributed by atoms with Crippen LogP contribution in [0.25, 0.3) is 0 Å². The Morgan fingerprint density at radius 3 is 2.00 bits per heavy atom. The van der Waals surface area contributed by atoms with Crippen molar-refractivity contribution in [2.24, 2.45) is 0 Å². The van der Waals surface area contributed by atoms with Gasteiger partial charge in [0.15, 0.2) is 0 Å². The molecule has 1 N–H and O–H groups in total. The van der Waals surface area contributed by atoms with E-state index in [9.17, 15) is 9.18 Å². The minimum Gasteiger partial charge on any atom is -0.376 e. The van der Waals surface area contributed by atoms with E-state index in [1.54, 1.807) is 0 Å². The van der Waals surface area contributed by atoms with Crippen molar-refractivity contribution >= 4 is 15.0 Å². The molecule has 0 unspecified atom stereocenters. The van der Waals surface area contributed by atoms with Gasteiger partial charge in [-0.3, -0.25) is 0 Å². The fourth-order valence-corrected chi connectivity index (χ4v) is 1.93. The van der Waals surface area contributed by atoms with Crippen molar-refractivity contribution in [2.45, 2.75) is 0 Å².